The zero-order valence-electron chi connectivity index (χ0n) is 16.6. The summed E-state index contributed by atoms with van der Waals surface area (Å²) in [5, 5.41) is 0. The van der Waals surface area contributed by atoms with Gasteiger partial charge in [0, 0.05) is 32.4 Å². The van der Waals surface area contributed by atoms with Gasteiger partial charge in [0.1, 0.15) is 5.69 Å². The van der Waals surface area contributed by atoms with Crippen molar-refractivity contribution in [1.82, 2.24) is 14.4 Å². The molecule has 0 saturated carbocycles. The summed E-state index contributed by atoms with van der Waals surface area (Å²) in [6, 6.07) is 20.8. The Labute approximate surface area is 175 Å². The first-order valence-electron chi connectivity index (χ1n) is 10.4. The fourth-order valence-electron chi connectivity index (χ4n) is 4.98. The molecule has 1 fully saturated rings. The van der Waals surface area contributed by atoms with Crippen LogP contribution in [0.5, 0.6) is 11.5 Å². The second-order valence-corrected chi connectivity index (χ2v) is 8.24. The molecule has 3 aromatic rings. The minimum atomic E-state index is 0.120. The van der Waals surface area contributed by atoms with Crippen LogP contribution in [0.1, 0.15) is 27.7 Å². The van der Waals surface area contributed by atoms with Gasteiger partial charge in [-0.1, -0.05) is 36.4 Å². The van der Waals surface area contributed by atoms with Gasteiger partial charge in [-0.25, -0.2) is 0 Å². The molecule has 0 radical (unpaired) electrons. The summed E-state index contributed by atoms with van der Waals surface area (Å²) in [4.78, 5) is 17.8. The number of carbonyl (C=O) groups is 1. The zero-order valence-corrected chi connectivity index (χ0v) is 16.6. The predicted octanol–water partition coefficient (Wildman–Crippen LogP) is 3.30. The van der Waals surface area contributed by atoms with Gasteiger partial charge in [-0.15, -0.1) is 0 Å². The van der Waals surface area contributed by atoms with Gasteiger partial charge in [0.05, 0.1) is 12.1 Å². The van der Waals surface area contributed by atoms with Gasteiger partial charge in [0.15, 0.2) is 11.5 Å². The van der Waals surface area contributed by atoms with Crippen LogP contribution in [0.3, 0.4) is 0 Å². The van der Waals surface area contributed by atoms with Crippen LogP contribution >= 0.6 is 0 Å². The molecule has 1 aromatic heterocycles. The lowest BCUT2D eigenvalue weighted by Gasteiger charge is -2.38. The third kappa shape index (κ3) is 2.87. The highest BCUT2D eigenvalue weighted by Crippen LogP contribution is 2.37. The molecule has 2 atom stereocenters. The van der Waals surface area contributed by atoms with Crippen LogP contribution in [0, 0.1) is 0 Å². The first-order valence-corrected chi connectivity index (χ1v) is 10.4. The summed E-state index contributed by atoms with van der Waals surface area (Å²) in [7, 11) is 0. The maximum atomic E-state index is 13.3. The van der Waals surface area contributed by atoms with Crippen molar-refractivity contribution in [2.75, 3.05) is 19.9 Å². The standard InChI is InChI=1S/C24H23N3O3/c28-24-19-7-4-10-26(19)20-14-25(12-18-8-9-22-23(11-18)30-16-29-22)15-21(20)27(24)13-17-5-2-1-3-6-17/h1-11,20-21H,12-16H2/t20-,21+/m0/s1. The summed E-state index contributed by atoms with van der Waals surface area (Å²) in [6.45, 7) is 3.53. The van der Waals surface area contributed by atoms with Crippen molar-refractivity contribution in [1.29, 1.82) is 0 Å². The molecular weight excluding hydrogens is 378 g/mol. The molecule has 0 aliphatic carbocycles. The number of fused-ring (bicyclic) bond motifs is 4. The fraction of sp³-hybridized carbons (Fsp3) is 0.292. The molecule has 1 saturated heterocycles. The number of benzene rings is 2. The number of ether oxygens (including phenoxy) is 2. The van der Waals surface area contributed by atoms with Crippen molar-refractivity contribution >= 4 is 5.91 Å². The minimum Gasteiger partial charge on any atom is -0.454 e. The van der Waals surface area contributed by atoms with Gasteiger partial charge in [-0.3, -0.25) is 9.69 Å². The molecule has 0 N–H and O–H groups in total. The Hall–Kier alpha value is -3.25. The quantitative estimate of drug-likeness (QED) is 0.673. The number of hydrogen-bond acceptors (Lipinski definition) is 4. The van der Waals surface area contributed by atoms with E-state index in [0.717, 1.165) is 36.8 Å². The van der Waals surface area contributed by atoms with Crippen molar-refractivity contribution in [3.8, 4) is 11.5 Å². The average molecular weight is 401 g/mol. The van der Waals surface area contributed by atoms with Gasteiger partial charge < -0.3 is 18.9 Å². The third-order valence-electron chi connectivity index (χ3n) is 6.39. The van der Waals surface area contributed by atoms with Gasteiger partial charge in [0.25, 0.3) is 5.91 Å². The number of carbonyl (C=O) groups excluding carboxylic acids is 1. The second kappa shape index (κ2) is 6.92. The third-order valence-corrected chi connectivity index (χ3v) is 6.39. The first kappa shape index (κ1) is 17.6. The molecule has 6 heteroatoms. The molecule has 6 rings (SSSR count). The Kier molecular flexibility index (Phi) is 4.06. The fourth-order valence-corrected chi connectivity index (χ4v) is 4.98. The lowest BCUT2D eigenvalue weighted by Crippen LogP contribution is -2.49. The molecule has 0 bridgehead atoms. The summed E-state index contributed by atoms with van der Waals surface area (Å²) in [5.74, 6) is 1.75. The van der Waals surface area contributed by atoms with E-state index in [4.69, 9.17) is 9.47 Å². The van der Waals surface area contributed by atoms with Gasteiger partial charge in [-0.2, -0.15) is 0 Å². The van der Waals surface area contributed by atoms with E-state index in [-0.39, 0.29) is 18.0 Å². The van der Waals surface area contributed by atoms with Crippen molar-refractivity contribution in [3.63, 3.8) is 0 Å². The van der Waals surface area contributed by atoms with Crippen molar-refractivity contribution in [3.05, 3.63) is 83.7 Å². The van der Waals surface area contributed by atoms with Crippen LogP contribution in [0.25, 0.3) is 0 Å². The average Bonchev–Trinajstić information content (AvgIpc) is 3.50. The van der Waals surface area contributed by atoms with E-state index >= 15 is 0 Å². The summed E-state index contributed by atoms with van der Waals surface area (Å²) < 4.78 is 13.1. The van der Waals surface area contributed by atoms with E-state index in [1.807, 2.05) is 36.4 Å². The molecular formula is C24H23N3O3. The molecule has 152 valence electrons. The maximum absolute atomic E-state index is 13.3. The summed E-state index contributed by atoms with van der Waals surface area (Å²) >= 11 is 0. The Morgan fingerprint density at radius 3 is 2.57 bits per heavy atom. The normalized spacial score (nSPS) is 22.3. The molecule has 30 heavy (non-hydrogen) atoms. The SMILES string of the molecule is O=C1c2cccn2[C@H]2CN(Cc3ccc4c(c3)OCO4)C[C@H]2N1Cc1ccccc1. The van der Waals surface area contributed by atoms with Crippen LogP contribution in [-0.4, -0.2) is 46.2 Å². The van der Waals surface area contributed by atoms with Crippen molar-refractivity contribution < 1.29 is 14.3 Å². The molecule has 0 unspecified atom stereocenters. The van der Waals surface area contributed by atoms with Crippen LogP contribution in [0.4, 0.5) is 0 Å². The number of hydrogen-bond donors (Lipinski definition) is 0. The highest BCUT2D eigenvalue weighted by atomic mass is 16.7. The highest BCUT2D eigenvalue weighted by molar-refractivity contribution is 5.94. The molecule has 6 nitrogen and oxygen atoms in total. The van der Waals surface area contributed by atoms with Gasteiger partial charge in [0.2, 0.25) is 6.79 Å². The van der Waals surface area contributed by atoms with Crippen LogP contribution in [0.2, 0.25) is 0 Å². The Balaban J connectivity index is 1.27. The van der Waals surface area contributed by atoms with Gasteiger partial charge >= 0.3 is 0 Å². The molecule has 2 aromatic carbocycles. The molecule has 0 spiro atoms. The van der Waals surface area contributed by atoms with E-state index in [2.05, 4.69) is 44.8 Å². The number of rotatable bonds is 4. The topological polar surface area (TPSA) is 46.9 Å². The number of amides is 1. The second-order valence-electron chi connectivity index (χ2n) is 8.24. The highest BCUT2D eigenvalue weighted by Gasteiger charge is 2.44. The lowest BCUT2D eigenvalue weighted by molar-refractivity contribution is 0.0556. The largest absolute Gasteiger partial charge is 0.454 e. The van der Waals surface area contributed by atoms with Crippen LogP contribution in [0.15, 0.2) is 66.9 Å². The number of aromatic nitrogens is 1. The lowest BCUT2D eigenvalue weighted by atomic mass is 10.0. The van der Waals surface area contributed by atoms with E-state index < -0.39 is 0 Å². The minimum absolute atomic E-state index is 0.120. The predicted molar refractivity (Wildman–Crippen MR) is 111 cm³/mol. The molecule has 4 heterocycles. The Morgan fingerprint density at radius 2 is 1.67 bits per heavy atom. The van der Waals surface area contributed by atoms with Crippen molar-refractivity contribution in [2.45, 2.75) is 25.2 Å². The Morgan fingerprint density at radius 1 is 0.833 bits per heavy atom. The van der Waals surface area contributed by atoms with E-state index in [9.17, 15) is 4.79 Å². The zero-order chi connectivity index (χ0) is 20.1. The molecule has 3 aliphatic rings. The monoisotopic (exact) mass is 401 g/mol. The van der Waals surface area contributed by atoms with E-state index in [1.54, 1.807) is 0 Å². The number of likely N-dealkylation sites (tertiary alicyclic amines) is 1. The van der Waals surface area contributed by atoms with Crippen molar-refractivity contribution in [2.24, 2.45) is 0 Å². The van der Waals surface area contributed by atoms with Crippen LogP contribution < -0.4 is 9.47 Å². The first-order chi connectivity index (χ1) is 14.8. The van der Waals surface area contributed by atoms with E-state index in [0.29, 0.717) is 13.3 Å². The summed E-state index contributed by atoms with van der Waals surface area (Å²) in [5.41, 5.74) is 3.16. The van der Waals surface area contributed by atoms with E-state index in [1.165, 1.54) is 11.1 Å². The van der Waals surface area contributed by atoms with Crippen LogP contribution in [-0.2, 0) is 13.1 Å². The smallest absolute Gasteiger partial charge is 0.271 e. The number of nitrogens with zero attached hydrogens (tertiary/aromatic N) is 3. The maximum Gasteiger partial charge on any atom is 0.271 e. The van der Waals surface area contributed by atoms with Gasteiger partial charge in [-0.05, 0) is 35.4 Å². The molecule has 1 amide bonds. The molecule has 3 aliphatic heterocycles. The Bertz CT molecular complexity index is 1090. The summed E-state index contributed by atoms with van der Waals surface area (Å²) in [6.07, 6.45) is 2.05.